The average molecular weight is 1570 g/mol. The molecule has 0 saturated heterocycles. The van der Waals surface area contributed by atoms with Crippen LogP contribution in [0.4, 0.5) is 24.8 Å². The minimum Gasteiger partial charge on any atom is -0.465 e. The van der Waals surface area contributed by atoms with Crippen LogP contribution >= 0.6 is 57.1 Å². The first-order valence-electron chi connectivity index (χ1n) is 29.4. The molecule has 2 N–H and O–H groups in total. The van der Waals surface area contributed by atoms with Crippen LogP contribution in [0.3, 0.4) is 0 Å². The maximum Gasteiger partial charge on any atom is 0.433 e. The van der Waals surface area contributed by atoms with Crippen LogP contribution in [0.15, 0.2) is 216 Å². The molecule has 23 nitrogen and oxygen atoms in total. The van der Waals surface area contributed by atoms with Gasteiger partial charge in [0.05, 0.1) is 50.5 Å². The highest BCUT2D eigenvalue weighted by molar-refractivity contribution is 14.1. The summed E-state index contributed by atoms with van der Waals surface area (Å²) in [6, 6.07) is 46.0. The monoisotopic (exact) mass is 1570 g/mol. The lowest BCUT2D eigenvalue weighted by Crippen LogP contribution is -2.22. The number of pyridine rings is 1. The van der Waals surface area contributed by atoms with Crippen LogP contribution in [0.25, 0.3) is 37.6 Å². The van der Waals surface area contributed by atoms with E-state index < -0.39 is 71.3 Å². The lowest BCUT2D eigenvalue weighted by atomic mass is 10.0. The van der Waals surface area contributed by atoms with E-state index in [0.29, 0.717) is 50.9 Å². The zero-order valence-corrected chi connectivity index (χ0v) is 58.3. The molecule has 1 aliphatic heterocycles. The van der Waals surface area contributed by atoms with Crippen molar-refractivity contribution in [2.24, 2.45) is 0 Å². The van der Waals surface area contributed by atoms with Gasteiger partial charge in [0.2, 0.25) is 42.7 Å². The van der Waals surface area contributed by atoms with Gasteiger partial charge in [-0.2, -0.15) is 23.0 Å². The highest BCUT2D eigenvalue weighted by Crippen LogP contribution is 2.38. The first-order valence-corrected chi connectivity index (χ1v) is 35.2. The maximum atomic E-state index is 13.4. The largest absolute Gasteiger partial charge is 0.465 e. The molecular formula is C68H51Cl2F3IN9O14S3. The molecule has 100 heavy (non-hydrogen) atoms. The smallest absolute Gasteiger partial charge is 0.433 e. The number of para-hydroxylation sites is 1. The van der Waals surface area contributed by atoms with E-state index in [9.17, 15) is 54.0 Å². The summed E-state index contributed by atoms with van der Waals surface area (Å²) in [4.78, 5) is 75.3. The van der Waals surface area contributed by atoms with Crippen molar-refractivity contribution in [3.63, 3.8) is 0 Å². The first-order chi connectivity index (χ1) is 47.7. The normalized spacial score (nSPS) is 11.7. The number of sulfone groups is 2. The van der Waals surface area contributed by atoms with Gasteiger partial charge in [-0.3, -0.25) is 14.4 Å². The molecule has 6 aromatic heterocycles. The van der Waals surface area contributed by atoms with Crippen LogP contribution in [0, 0.1) is 10.5 Å². The highest BCUT2D eigenvalue weighted by atomic mass is 127. The summed E-state index contributed by atoms with van der Waals surface area (Å²) < 4.78 is 119. The SMILES string of the molecule is CCc1cccc(Cc2cnn(-c3nc4ccccc4s3)c(=O)c2Cl)c1.COC(=O)c1ccc2oc(=O)c(S(=O)(=O)c3ccccc3)cc2c1.Cc1cc(NC(=O)CCS(=O)(=O)c2nc(-c3ccc4c(c3)OCO4)cc(C(F)(F)F)n2)no1.O=C(Nc1ccc(Cl)cn1)c1ccc(I)cc1. The molecule has 32 heteroatoms. The third kappa shape index (κ3) is 18.1. The number of nitrogens with zero attached hydrogens (tertiary/aromatic N) is 7. The van der Waals surface area contributed by atoms with Crippen molar-refractivity contribution >= 4 is 127 Å². The minimum absolute atomic E-state index is 0.0132. The molecule has 0 fully saturated rings. The second kappa shape index (κ2) is 31.7. The lowest BCUT2D eigenvalue weighted by molar-refractivity contribution is -0.141. The second-order valence-electron chi connectivity index (χ2n) is 21.2. The van der Waals surface area contributed by atoms with Crippen LogP contribution in [0.1, 0.15) is 62.2 Å². The van der Waals surface area contributed by atoms with Crippen molar-refractivity contribution in [2.75, 3.05) is 30.3 Å². The fourth-order valence-electron chi connectivity index (χ4n) is 9.22. The van der Waals surface area contributed by atoms with Gasteiger partial charge in [0.1, 0.15) is 27.9 Å². The molecule has 13 rings (SSSR count). The van der Waals surface area contributed by atoms with Gasteiger partial charge in [-0.25, -0.2) is 46.4 Å². The number of amides is 2. The number of ether oxygens (including phenoxy) is 3. The number of esters is 1. The number of alkyl halides is 3. The molecular weight excluding hydrogens is 1520 g/mol. The zero-order valence-electron chi connectivity index (χ0n) is 52.2. The second-order valence-corrected chi connectivity index (χ2v) is 28.2. The van der Waals surface area contributed by atoms with Gasteiger partial charge in [-0.1, -0.05) is 101 Å². The molecule has 0 saturated carbocycles. The summed E-state index contributed by atoms with van der Waals surface area (Å²) in [5.41, 5.74) is 2.10. The Bertz CT molecular complexity index is 5370. The number of nitrogens with one attached hydrogen (secondary N) is 2. The number of hydrogen-bond donors (Lipinski definition) is 2. The Balaban J connectivity index is 0.000000147. The highest BCUT2D eigenvalue weighted by Gasteiger charge is 2.36. The standard InChI is InChI=1S/C20H16ClN3OS.C19H15F3N4O6S.C17H12O6S.C12H8ClIN2O/c1-2-13-6-5-7-14(10-13)11-15-12-22-24(19(25)18(15)21)20-23-16-8-3-4-9-17(16)26-20;1-10-6-16(26-32-10)25-17(27)4-5-33(28,29)18-23-12(8-15(24-18)19(20,21)22)11-2-3-13-14(7-11)31-9-30-13;1-22-16(18)11-7-8-14-12(9-11)10-15(17(19)23-14)24(20,21)13-5-3-2-4-6-13;13-9-3-6-11(15-7-9)16-12(17)8-1-4-10(14)5-2-8/h3-10,12H,2,11H2,1H3;2-3,6-8H,4-5,9H2,1H3,(H,25,26,27);2-10H,1H3;1-7H,(H,15,16,17). The predicted molar refractivity (Wildman–Crippen MR) is 374 cm³/mol. The number of rotatable bonds is 15. The van der Waals surface area contributed by atoms with Crippen molar-refractivity contribution in [1.29, 1.82) is 0 Å². The first kappa shape index (κ1) is 72.5. The van der Waals surface area contributed by atoms with Crippen molar-refractivity contribution in [3.05, 3.63) is 256 Å². The van der Waals surface area contributed by atoms with Crippen LogP contribution < -0.4 is 31.3 Å². The fourth-order valence-corrected chi connectivity index (χ4v) is 13.2. The molecule has 12 aromatic rings. The minimum atomic E-state index is -4.93. The summed E-state index contributed by atoms with van der Waals surface area (Å²) in [5.74, 6) is -0.646. The van der Waals surface area contributed by atoms with Crippen molar-refractivity contribution in [2.45, 2.75) is 54.2 Å². The Morgan fingerprint density at radius 1 is 0.750 bits per heavy atom. The number of hydrogen-bond acceptors (Lipinski definition) is 21. The van der Waals surface area contributed by atoms with Gasteiger partial charge < -0.3 is 33.8 Å². The van der Waals surface area contributed by atoms with Gasteiger partial charge in [0, 0.05) is 50.8 Å². The number of anilines is 2. The van der Waals surface area contributed by atoms with E-state index in [1.54, 1.807) is 55.6 Å². The Morgan fingerprint density at radius 3 is 2.18 bits per heavy atom. The number of aryl methyl sites for hydroxylation is 2. The number of halogens is 6. The number of benzene rings is 6. The number of thiazole rings is 1. The van der Waals surface area contributed by atoms with E-state index in [1.165, 1.54) is 95.6 Å². The molecule has 1 aliphatic rings. The molecule has 2 amide bonds. The third-order valence-electron chi connectivity index (χ3n) is 14.2. The number of fused-ring (bicyclic) bond motifs is 3. The van der Waals surface area contributed by atoms with E-state index in [2.05, 4.69) is 87.2 Å². The molecule has 6 aromatic carbocycles. The van der Waals surface area contributed by atoms with Crippen LogP contribution in [0.5, 0.6) is 11.5 Å². The van der Waals surface area contributed by atoms with Gasteiger partial charge >= 0.3 is 17.8 Å². The van der Waals surface area contributed by atoms with Crippen LogP contribution in [-0.4, -0.2) is 89.1 Å². The molecule has 0 atom stereocenters. The van der Waals surface area contributed by atoms with Gasteiger partial charge in [-0.05, 0) is 156 Å². The Hall–Kier alpha value is -10.3. The van der Waals surface area contributed by atoms with Gasteiger partial charge in [0.25, 0.3) is 11.5 Å². The molecule has 0 unspecified atom stereocenters. The molecule has 0 radical (unpaired) electrons. The number of aromatic nitrogens is 7. The molecule has 0 spiro atoms. The number of carbonyl (C=O) groups is 3. The number of methoxy groups -OCH3 is 1. The third-order valence-corrected chi connectivity index (χ3v) is 19.8. The Morgan fingerprint density at radius 2 is 1.48 bits per heavy atom. The number of carbonyl (C=O) groups excluding carboxylic acids is 3. The van der Waals surface area contributed by atoms with Gasteiger partial charge in [-0.15, -0.1) is 0 Å². The Labute approximate surface area is 593 Å². The molecule has 7 heterocycles. The molecule has 0 aliphatic carbocycles. The van der Waals surface area contributed by atoms with Crippen molar-refractivity contribution < 1.29 is 67.5 Å². The van der Waals surface area contributed by atoms with E-state index >= 15 is 0 Å². The van der Waals surface area contributed by atoms with Gasteiger partial charge in [0.15, 0.2) is 22.2 Å². The lowest BCUT2D eigenvalue weighted by Gasteiger charge is -2.11. The van der Waals surface area contributed by atoms with E-state index in [1.807, 2.05) is 48.5 Å². The average Bonchev–Trinajstić information content (AvgIpc) is 0.943. The fraction of sp³-hybridized carbons (Fsp3) is 0.132. The summed E-state index contributed by atoms with van der Waals surface area (Å²) in [6.45, 7) is 3.66. The Kier molecular flexibility index (Phi) is 23.0. The molecule has 512 valence electrons. The van der Waals surface area contributed by atoms with Crippen LogP contribution in [0.2, 0.25) is 10.0 Å². The summed E-state index contributed by atoms with van der Waals surface area (Å²) in [7, 11) is -7.23. The van der Waals surface area contributed by atoms with Crippen molar-refractivity contribution in [1.82, 2.24) is 34.9 Å². The van der Waals surface area contributed by atoms with E-state index in [4.69, 9.17) is 41.6 Å². The van der Waals surface area contributed by atoms with E-state index in [-0.39, 0.29) is 62.1 Å². The summed E-state index contributed by atoms with van der Waals surface area (Å²) in [6.07, 6.45) is -0.790. The maximum absolute atomic E-state index is 13.4. The predicted octanol–water partition coefficient (Wildman–Crippen LogP) is 13.6. The summed E-state index contributed by atoms with van der Waals surface area (Å²) in [5, 5.41) is 13.4. The zero-order chi connectivity index (χ0) is 71.5. The quantitative estimate of drug-likeness (QED) is 0.0417. The topological polar surface area (TPSA) is 314 Å². The van der Waals surface area contributed by atoms with E-state index in [0.717, 1.165) is 31.3 Å². The van der Waals surface area contributed by atoms with Crippen LogP contribution in [-0.2, 0) is 48.2 Å². The molecule has 0 bridgehead atoms. The van der Waals surface area contributed by atoms with Crippen molar-refractivity contribution in [3.8, 4) is 27.9 Å². The summed E-state index contributed by atoms with van der Waals surface area (Å²) >= 11 is 15.7.